The maximum atomic E-state index is 12.8. The fourth-order valence-electron chi connectivity index (χ4n) is 4.12. The molecule has 3 heterocycles. The van der Waals surface area contributed by atoms with Gasteiger partial charge in [0.1, 0.15) is 24.2 Å². The van der Waals surface area contributed by atoms with E-state index >= 15 is 0 Å². The van der Waals surface area contributed by atoms with Gasteiger partial charge in [0.15, 0.2) is 5.96 Å². The number of carbonyl (C=O) groups excluding carboxylic acids is 6. The minimum absolute atomic E-state index is 0.00211. The molecule has 3 aliphatic rings. The molecule has 0 saturated carbocycles. The lowest BCUT2D eigenvalue weighted by molar-refractivity contribution is -0.140. The molecule has 40 heavy (non-hydrogen) atoms. The summed E-state index contributed by atoms with van der Waals surface area (Å²) in [6, 6.07) is -4.20. The normalized spacial score (nSPS) is 25.6. The number of nitrogens with one attached hydrogen (secondary N) is 6. The Kier molecular flexibility index (Phi) is 12.6. The number of nitrogens with two attached hydrogens (primary N) is 2. The molecule has 0 spiro atoms. The zero-order chi connectivity index (χ0) is 29.7. The minimum atomic E-state index is -1.40. The average Bonchev–Trinajstić information content (AvgIpc) is 2.88. The van der Waals surface area contributed by atoms with E-state index in [9.17, 15) is 33.6 Å². The Balaban J connectivity index is 2.16. The van der Waals surface area contributed by atoms with Gasteiger partial charge in [-0.15, -0.1) is 0 Å². The van der Waals surface area contributed by atoms with Crippen LogP contribution in [0.5, 0.6) is 0 Å². The van der Waals surface area contributed by atoms with Crippen molar-refractivity contribution in [2.24, 2.45) is 16.5 Å². The topological polar surface area (TPSA) is 276 Å². The summed E-state index contributed by atoms with van der Waals surface area (Å²) >= 11 is 0. The van der Waals surface area contributed by atoms with E-state index in [1.165, 1.54) is 0 Å². The molecule has 17 heteroatoms. The summed E-state index contributed by atoms with van der Waals surface area (Å²) in [5.41, 5.74) is 10.6. The maximum absolute atomic E-state index is 12.8. The second-order valence-corrected chi connectivity index (χ2v) is 9.45. The molecule has 0 aromatic rings. The molecule has 3 aliphatic heterocycles. The number of hydrogen-bond acceptors (Lipinski definition) is 8. The predicted molar refractivity (Wildman–Crippen MR) is 139 cm³/mol. The molecule has 0 aromatic carbocycles. The van der Waals surface area contributed by atoms with Gasteiger partial charge in [0.05, 0.1) is 13.0 Å². The third-order valence-electron chi connectivity index (χ3n) is 6.20. The highest BCUT2D eigenvalue weighted by molar-refractivity contribution is 5.97. The van der Waals surface area contributed by atoms with E-state index in [2.05, 4.69) is 36.9 Å². The van der Waals surface area contributed by atoms with Crippen LogP contribution in [0.4, 0.5) is 0 Å². The van der Waals surface area contributed by atoms with E-state index in [0.717, 1.165) is 0 Å². The van der Waals surface area contributed by atoms with Crippen molar-refractivity contribution < 1.29 is 38.7 Å². The van der Waals surface area contributed by atoms with Crippen molar-refractivity contribution in [3.8, 4) is 0 Å². The largest absolute Gasteiger partial charge is 0.481 e. The van der Waals surface area contributed by atoms with Crippen LogP contribution < -0.4 is 43.4 Å². The molecular weight excluding hydrogens is 530 g/mol. The number of aliphatic carboxylic acids is 1. The van der Waals surface area contributed by atoms with Crippen LogP contribution in [0.15, 0.2) is 4.99 Å². The molecule has 222 valence electrons. The van der Waals surface area contributed by atoms with Crippen molar-refractivity contribution in [3.05, 3.63) is 0 Å². The van der Waals surface area contributed by atoms with Crippen molar-refractivity contribution >= 4 is 47.4 Å². The van der Waals surface area contributed by atoms with E-state index in [4.69, 9.17) is 16.6 Å². The van der Waals surface area contributed by atoms with Gasteiger partial charge < -0.3 is 48.5 Å². The Labute approximate surface area is 230 Å². The van der Waals surface area contributed by atoms with Crippen molar-refractivity contribution in [2.45, 2.75) is 75.5 Å². The summed E-state index contributed by atoms with van der Waals surface area (Å²) in [7, 11) is 0. The monoisotopic (exact) mass is 567 g/mol. The Bertz CT molecular complexity index is 1010. The zero-order valence-corrected chi connectivity index (χ0v) is 22.0. The van der Waals surface area contributed by atoms with Crippen molar-refractivity contribution in [1.29, 1.82) is 0 Å². The first-order chi connectivity index (χ1) is 19.0. The average molecular weight is 568 g/mol. The first-order valence-electron chi connectivity index (χ1n) is 13.0. The number of aliphatic imine (C=N–C) groups is 1. The molecule has 2 bridgehead atoms. The number of amides is 6. The smallest absolute Gasteiger partial charge is 0.305 e. The lowest BCUT2D eigenvalue weighted by atomic mass is 10.0. The van der Waals surface area contributed by atoms with Gasteiger partial charge in [-0.3, -0.25) is 38.6 Å². The van der Waals surface area contributed by atoms with Gasteiger partial charge in [0, 0.05) is 19.5 Å². The molecule has 17 nitrogen and oxygen atoms in total. The molecule has 11 N–H and O–H groups in total. The molecule has 3 rings (SSSR count). The first-order valence-corrected chi connectivity index (χ1v) is 13.0. The fraction of sp³-hybridized carbons (Fsp3) is 0.652. The van der Waals surface area contributed by atoms with E-state index < -0.39 is 78.5 Å². The number of nitrogens with zero attached hydrogens (tertiary/aromatic N) is 1. The van der Waals surface area contributed by atoms with Crippen molar-refractivity contribution in [2.75, 3.05) is 19.6 Å². The first kappa shape index (κ1) is 31.8. The fourth-order valence-corrected chi connectivity index (χ4v) is 4.12. The number of carboxylic acids is 1. The number of fused-ring (bicyclic) bond motifs is 18. The second kappa shape index (κ2) is 15.8. The quantitative estimate of drug-likeness (QED) is 0.0644. The highest BCUT2D eigenvalue weighted by Crippen LogP contribution is 2.10. The SMILES string of the molecule is NC(N)=NCCC[C@@H]1NC(=O)CC[C@@H]2NC(=O)[C@H](CCCCNC(=O)[C@H](CC(=O)O)NC(=O)CNC1=O)NC2=O. The Morgan fingerprint density at radius 1 is 0.800 bits per heavy atom. The van der Waals surface area contributed by atoms with Crippen molar-refractivity contribution in [3.63, 3.8) is 0 Å². The van der Waals surface area contributed by atoms with Gasteiger partial charge in [-0.25, -0.2) is 0 Å². The third kappa shape index (κ3) is 11.1. The zero-order valence-electron chi connectivity index (χ0n) is 22.0. The van der Waals surface area contributed by atoms with Crippen LogP contribution in [0.3, 0.4) is 0 Å². The van der Waals surface area contributed by atoms with Gasteiger partial charge in [0.2, 0.25) is 35.4 Å². The van der Waals surface area contributed by atoms with Gasteiger partial charge in [-0.1, -0.05) is 0 Å². The highest BCUT2D eigenvalue weighted by atomic mass is 16.4. The van der Waals surface area contributed by atoms with Crippen LogP contribution in [0.25, 0.3) is 0 Å². The van der Waals surface area contributed by atoms with E-state index in [1.807, 2.05) is 0 Å². The summed E-state index contributed by atoms with van der Waals surface area (Å²) in [5, 5.41) is 24.1. The Hall–Kier alpha value is -4.44. The number of hydrogen-bond donors (Lipinski definition) is 9. The summed E-state index contributed by atoms with van der Waals surface area (Å²) in [4.78, 5) is 90.3. The summed E-state index contributed by atoms with van der Waals surface area (Å²) in [6.07, 6.45) is 0.704. The number of piperazine rings is 1. The van der Waals surface area contributed by atoms with Crippen LogP contribution >= 0.6 is 0 Å². The molecule has 0 aliphatic carbocycles. The van der Waals surface area contributed by atoms with Crippen LogP contribution in [0, 0.1) is 0 Å². The molecule has 0 aromatic heterocycles. The lowest BCUT2D eigenvalue weighted by Crippen LogP contribution is -2.61. The number of guanidine groups is 1. The predicted octanol–water partition coefficient (Wildman–Crippen LogP) is -4.34. The summed E-state index contributed by atoms with van der Waals surface area (Å²) in [5.74, 6) is -5.14. The van der Waals surface area contributed by atoms with E-state index in [-0.39, 0.29) is 38.3 Å². The van der Waals surface area contributed by atoms with Crippen LogP contribution in [-0.2, 0) is 33.6 Å². The second-order valence-electron chi connectivity index (χ2n) is 9.45. The van der Waals surface area contributed by atoms with Gasteiger partial charge in [0.25, 0.3) is 0 Å². The van der Waals surface area contributed by atoms with Crippen LogP contribution in [0.1, 0.15) is 51.4 Å². The van der Waals surface area contributed by atoms with Gasteiger partial charge >= 0.3 is 5.97 Å². The molecule has 0 radical (unpaired) electrons. The molecular formula is C23H37N9O8. The highest BCUT2D eigenvalue weighted by Gasteiger charge is 2.33. The van der Waals surface area contributed by atoms with E-state index in [0.29, 0.717) is 25.7 Å². The van der Waals surface area contributed by atoms with Gasteiger partial charge in [-0.2, -0.15) is 0 Å². The number of carbonyl (C=O) groups is 7. The van der Waals surface area contributed by atoms with Crippen molar-refractivity contribution in [1.82, 2.24) is 31.9 Å². The maximum Gasteiger partial charge on any atom is 0.305 e. The molecule has 4 atom stereocenters. The van der Waals surface area contributed by atoms with E-state index in [1.54, 1.807) is 0 Å². The molecule has 0 unspecified atom stereocenters. The standard InChI is InChI=1S/C23H37N9O8/c24-23(25)27-9-3-5-12-19(37)28-11-17(34)30-15(10-18(35)36)20(38)26-8-2-1-4-13-21(39)32-14(22(40)31-13)6-7-16(33)29-12/h12-15H,1-11H2,(H,26,38)(H,28,37)(H,29,33)(H,30,34)(H,31,40)(H,32,39)(H,35,36)(H4,24,25,27)/t12-,13-,14-,15-/m0/s1. The van der Waals surface area contributed by atoms with Gasteiger partial charge in [-0.05, 0) is 38.5 Å². The van der Waals surface area contributed by atoms with Crippen LogP contribution in [0.2, 0.25) is 0 Å². The Morgan fingerprint density at radius 2 is 1.43 bits per heavy atom. The number of carboxylic acid groups (broad SMARTS) is 1. The molecule has 3 fully saturated rings. The summed E-state index contributed by atoms with van der Waals surface area (Å²) < 4.78 is 0. The number of rotatable bonds is 6. The minimum Gasteiger partial charge on any atom is -0.481 e. The third-order valence-corrected chi connectivity index (χ3v) is 6.20. The molecule has 3 saturated heterocycles. The summed E-state index contributed by atoms with van der Waals surface area (Å²) in [6.45, 7) is -0.274. The van der Waals surface area contributed by atoms with Crippen LogP contribution in [-0.4, -0.2) is 96.3 Å². The Morgan fingerprint density at radius 3 is 2.08 bits per heavy atom. The molecule has 6 amide bonds. The lowest BCUT2D eigenvalue weighted by Gasteiger charge is -2.29.